The highest BCUT2D eigenvalue weighted by Gasteiger charge is 2.01. The van der Waals surface area contributed by atoms with Crippen LogP contribution >= 0.6 is 0 Å². The van der Waals surface area contributed by atoms with Crippen molar-refractivity contribution in [3.63, 3.8) is 0 Å². The average molecular weight is 284 g/mol. The smallest absolute Gasteiger partial charge is 0.119 e. The minimum Gasteiger partial charge on any atom is -0.494 e. The molecular formula is C19H24O2. The topological polar surface area (TPSA) is 29.5 Å². The van der Waals surface area contributed by atoms with Crippen LogP contribution in [0.1, 0.15) is 37.3 Å². The van der Waals surface area contributed by atoms with E-state index in [1.807, 2.05) is 25.1 Å². The second kappa shape index (κ2) is 8.48. The molecule has 0 aliphatic rings. The van der Waals surface area contributed by atoms with Gasteiger partial charge in [0.05, 0.1) is 12.7 Å². The summed E-state index contributed by atoms with van der Waals surface area (Å²) in [6.07, 6.45) is 3.27. The molecule has 0 bridgehead atoms. The van der Waals surface area contributed by atoms with Gasteiger partial charge in [-0.15, -0.1) is 0 Å². The number of benzene rings is 2. The van der Waals surface area contributed by atoms with E-state index in [0.717, 1.165) is 31.4 Å². The van der Waals surface area contributed by atoms with Crippen molar-refractivity contribution in [2.45, 2.75) is 38.7 Å². The van der Waals surface area contributed by atoms with Crippen LogP contribution in [0.5, 0.6) is 5.75 Å². The van der Waals surface area contributed by atoms with Crippen LogP contribution in [0.15, 0.2) is 54.6 Å². The summed E-state index contributed by atoms with van der Waals surface area (Å²) in [5, 5.41) is 9.48. The molecule has 0 aliphatic heterocycles. The number of aliphatic hydroxyl groups excluding tert-OH is 1. The summed E-state index contributed by atoms with van der Waals surface area (Å²) >= 11 is 0. The Balaban J connectivity index is 1.77. The molecule has 0 saturated carbocycles. The van der Waals surface area contributed by atoms with E-state index in [9.17, 15) is 5.11 Å². The highest BCUT2D eigenvalue weighted by molar-refractivity contribution is 5.31. The molecule has 2 heteroatoms. The Morgan fingerprint density at radius 1 is 0.952 bits per heavy atom. The minimum absolute atomic E-state index is 0.193. The molecule has 112 valence electrons. The van der Waals surface area contributed by atoms with Crippen molar-refractivity contribution in [1.29, 1.82) is 0 Å². The first-order valence-corrected chi connectivity index (χ1v) is 7.71. The van der Waals surface area contributed by atoms with Crippen LogP contribution in [-0.2, 0) is 6.42 Å². The van der Waals surface area contributed by atoms with Gasteiger partial charge in [0.25, 0.3) is 0 Å². The van der Waals surface area contributed by atoms with Gasteiger partial charge in [0.15, 0.2) is 0 Å². The molecule has 0 radical (unpaired) electrons. The maximum atomic E-state index is 9.48. The van der Waals surface area contributed by atoms with Crippen LogP contribution in [-0.4, -0.2) is 17.8 Å². The van der Waals surface area contributed by atoms with Crippen molar-refractivity contribution in [2.75, 3.05) is 6.61 Å². The van der Waals surface area contributed by atoms with E-state index in [1.54, 1.807) is 0 Å². The average Bonchev–Trinajstić information content (AvgIpc) is 2.54. The predicted octanol–water partition coefficient (Wildman–Crippen LogP) is 4.21. The number of hydrogen-bond donors (Lipinski definition) is 1. The molecule has 1 unspecified atom stereocenters. The van der Waals surface area contributed by atoms with Crippen molar-refractivity contribution >= 4 is 0 Å². The maximum absolute atomic E-state index is 9.48. The zero-order valence-corrected chi connectivity index (χ0v) is 12.7. The molecule has 0 aromatic heterocycles. The largest absolute Gasteiger partial charge is 0.494 e. The zero-order chi connectivity index (χ0) is 14.9. The van der Waals surface area contributed by atoms with Gasteiger partial charge in [-0.1, -0.05) is 49.4 Å². The number of hydrogen-bond acceptors (Lipinski definition) is 2. The standard InChI is InChI=1S/C19H24O2/c1-2-18(20)9-6-14-21-19-12-10-17(11-13-19)15-16-7-4-3-5-8-16/h3-5,7-8,10-13,18,20H,2,6,9,14-15H2,1H3. The van der Waals surface area contributed by atoms with Crippen LogP contribution < -0.4 is 4.74 Å². The highest BCUT2D eigenvalue weighted by Crippen LogP contribution is 2.16. The Morgan fingerprint density at radius 3 is 2.29 bits per heavy atom. The van der Waals surface area contributed by atoms with E-state index < -0.39 is 0 Å². The molecule has 0 heterocycles. The fourth-order valence-electron chi connectivity index (χ4n) is 2.25. The van der Waals surface area contributed by atoms with E-state index in [-0.39, 0.29) is 6.10 Å². The first-order valence-electron chi connectivity index (χ1n) is 7.71. The molecule has 0 saturated heterocycles. The molecule has 1 N–H and O–H groups in total. The third-order valence-corrected chi connectivity index (χ3v) is 3.60. The van der Waals surface area contributed by atoms with Gasteiger partial charge < -0.3 is 9.84 Å². The van der Waals surface area contributed by atoms with Crippen molar-refractivity contribution in [2.24, 2.45) is 0 Å². The first-order chi connectivity index (χ1) is 10.3. The summed E-state index contributed by atoms with van der Waals surface area (Å²) in [6.45, 7) is 2.66. The highest BCUT2D eigenvalue weighted by atomic mass is 16.5. The van der Waals surface area contributed by atoms with E-state index in [0.29, 0.717) is 6.61 Å². The lowest BCUT2D eigenvalue weighted by Crippen LogP contribution is -2.07. The van der Waals surface area contributed by atoms with Gasteiger partial charge in [-0.05, 0) is 48.9 Å². The van der Waals surface area contributed by atoms with Gasteiger partial charge in [0.1, 0.15) is 5.75 Å². The first kappa shape index (κ1) is 15.6. The Hall–Kier alpha value is -1.80. The van der Waals surface area contributed by atoms with Crippen LogP contribution in [0.3, 0.4) is 0 Å². The lowest BCUT2D eigenvalue weighted by molar-refractivity contribution is 0.149. The summed E-state index contributed by atoms with van der Waals surface area (Å²) in [5.74, 6) is 0.901. The van der Waals surface area contributed by atoms with E-state index in [2.05, 4.69) is 36.4 Å². The fourth-order valence-corrected chi connectivity index (χ4v) is 2.25. The number of aliphatic hydroxyl groups is 1. The Kier molecular flexibility index (Phi) is 6.29. The van der Waals surface area contributed by atoms with E-state index in [4.69, 9.17) is 4.74 Å². The van der Waals surface area contributed by atoms with Gasteiger partial charge in [-0.2, -0.15) is 0 Å². The molecule has 2 aromatic carbocycles. The van der Waals surface area contributed by atoms with E-state index >= 15 is 0 Å². The fraction of sp³-hybridized carbons (Fsp3) is 0.368. The monoisotopic (exact) mass is 284 g/mol. The summed E-state index contributed by atoms with van der Waals surface area (Å²) < 4.78 is 5.69. The zero-order valence-electron chi connectivity index (χ0n) is 12.7. The molecule has 2 rings (SSSR count). The quantitative estimate of drug-likeness (QED) is 0.736. The van der Waals surface area contributed by atoms with Crippen molar-refractivity contribution in [3.8, 4) is 5.75 Å². The molecule has 0 spiro atoms. The molecule has 0 aliphatic carbocycles. The van der Waals surface area contributed by atoms with Crippen molar-refractivity contribution in [1.82, 2.24) is 0 Å². The molecule has 2 nitrogen and oxygen atoms in total. The summed E-state index contributed by atoms with van der Waals surface area (Å²) in [5.41, 5.74) is 2.61. The predicted molar refractivity (Wildman–Crippen MR) is 86.7 cm³/mol. The lowest BCUT2D eigenvalue weighted by Gasteiger charge is -2.09. The van der Waals surface area contributed by atoms with Crippen LogP contribution in [0.25, 0.3) is 0 Å². The third kappa shape index (κ3) is 5.60. The Bertz CT molecular complexity index is 505. The SMILES string of the molecule is CCC(O)CCCOc1ccc(Cc2ccccc2)cc1. The molecule has 1 atom stereocenters. The van der Waals surface area contributed by atoms with Gasteiger partial charge in [-0.3, -0.25) is 0 Å². The number of ether oxygens (including phenoxy) is 1. The molecule has 0 amide bonds. The van der Waals surface area contributed by atoms with E-state index in [1.165, 1.54) is 11.1 Å². The van der Waals surface area contributed by atoms with Gasteiger partial charge in [0.2, 0.25) is 0 Å². The van der Waals surface area contributed by atoms with Crippen molar-refractivity contribution < 1.29 is 9.84 Å². The second-order valence-electron chi connectivity index (χ2n) is 5.36. The third-order valence-electron chi connectivity index (χ3n) is 3.60. The molecular weight excluding hydrogens is 260 g/mol. The normalized spacial score (nSPS) is 12.1. The molecule has 0 fully saturated rings. The Morgan fingerprint density at radius 2 is 1.62 bits per heavy atom. The summed E-state index contributed by atoms with van der Waals surface area (Å²) in [7, 11) is 0. The minimum atomic E-state index is -0.193. The summed E-state index contributed by atoms with van der Waals surface area (Å²) in [6, 6.07) is 18.7. The van der Waals surface area contributed by atoms with Crippen LogP contribution in [0, 0.1) is 0 Å². The lowest BCUT2D eigenvalue weighted by atomic mass is 10.1. The maximum Gasteiger partial charge on any atom is 0.119 e. The van der Waals surface area contributed by atoms with Crippen LogP contribution in [0.4, 0.5) is 0 Å². The van der Waals surface area contributed by atoms with Gasteiger partial charge >= 0.3 is 0 Å². The van der Waals surface area contributed by atoms with Gasteiger partial charge in [0, 0.05) is 0 Å². The van der Waals surface area contributed by atoms with Crippen LogP contribution in [0.2, 0.25) is 0 Å². The van der Waals surface area contributed by atoms with Crippen molar-refractivity contribution in [3.05, 3.63) is 65.7 Å². The number of rotatable bonds is 8. The molecule has 2 aromatic rings. The van der Waals surface area contributed by atoms with Gasteiger partial charge in [-0.25, -0.2) is 0 Å². The summed E-state index contributed by atoms with van der Waals surface area (Å²) in [4.78, 5) is 0. The molecule has 21 heavy (non-hydrogen) atoms. The Labute approximate surface area is 127 Å². The second-order valence-corrected chi connectivity index (χ2v) is 5.36.